The Kier molecular flexibility index (Phi) is 6.50. The van der Waals surface area contributed by atoms with Crippen LogP contribution in [0.2, 0.25) is 0 Å². The minimum absolute atomic E-state index is 0.205. The number of carbonyl (C=O) groups excluding carboxylic acids is 1. The number of thiophene rings is 1. The summed E-state index contributed by atoms with van der Waals surface area (Å²) in [6.07, 6.45) is 0. The lowest BCUT2D eigenvalue weighted by atomic mass is 10.1. The van der Waals surface area contributed by atoms with Gasteiger partial charge in [-0.05, 0) is 30.7 Å². The molecule has 0 spiro atoms. The van der Waals surface area contributed by atoms with E-state index in [2.05, 4.69) is 10.4 Å². The number of nitrogens with one attached hydrogen (secondary N) is 1. The van der Waals surface area contributed by atoms with Gasteiger partial charge in [0.25, 0.3) is 5.91 Å². The predicted octanol–water partition coefficient (Wildman–Crippen LogP) is 4.55. The molecule has 4 rings (SSSR count). The Balaban J connectivity index is 1.55. The maximum Gasteiger partial charge on any atom is 0.261 e. The third kappa shape index (κ3) is 4.63. The summed E-state index contributed by atoms with van der Waals surface area (Å²) < 4.78 is 31.2. The van der Waals surface area contributed by atoms with Crippen LogP contribution >= 0.6 is 11.3 Å². The number of fused-ring (bicyclic) bond motifs is 1. The van der Waals surface area contributed by atoms with Crippen LogP contribution < -0.4 is 19.5 Å². The first kappa shape index (κ1) is 22.6. The summed E-state index contributed by atoms with van der Waals surface area (Å²) in [4.78, 5) is 14.4. The molecule has 0 fully saturated rings. The molecular formula is C24H24FN3O4S. The normalized spacial score (nSPS) is 10.9. The van der Waals surface area contributed by atoms with Crippen LogP contribution in [-0.4, -0.2) is 37.0 Å². The maximum absolute atomic E-state index is 13.2. The van der Waals surface area contributed by atoms with E-state index in [-0.39, 0.29) is 18.3 Å². The van der Waals surface area contributed by atoms with Gasteiger partial charge >= 0.3 is 0 Å². The highest BCUT2D eigenvalue weighted by molar-refractivity contribution is 7.20. The number of hydrogen-bond donors (Lipinski definition) is 1. The second-order valence-corrected chi connectivity index (χ2v) is 8.42. The molecule has 0 unspecified atom stereocenters. The van der Waals surface area contributed by atoms with Crippen molar-refractivity contribution >= 4 is 27.5 Å². The molecule has 2 aromatic heterocycles. The first-order valence-corrected chi connectivity index (χ1v) is 11.0. The third-order valence-electron chi connectivity index (χ3n) is 5.32. The van der Waals surface area contributed by atoms with Crippen molar-refractivity contribution in [1.82, 2.24) is 15.1 Å². The Morgan fingerprint density at radius 2 is 1.73 bits per heavy atom. The van der Waals surface area contributed by atoms with Crippen LogP contribution in [0, 0.1) is 12.7 Å². The molecule has 1 amide bonds. The van der Waals surface area contributed by atoms with E-state index in [4.69, 9.17) is 14.2 Å². The van der Waals surface area contributed by atoms with Gasteiger partial charge in [0, 0.05) is 17.5 Å². The number of nitrogens with zero attached hydrogens (tertiary/aromatic N) is 2. The maximum atomic E-state index is 13.2. The smallest absolute Gasteiger partial charge is 0.261 e. The summed E-state index contributed by atoms with van der Waals surface area (Å²) in [7, 11) is 4.68. The number of aryl methyl sites for hydroxylation is 1. The van der Waals surface area contributed by atoms with Gasteiger partial charge in [0.2, 0.25) is 0 Å². The van der Waals surface area contributed by atoms with Crippen molar-refractivity contribution < 1.29 is 23.4 Å². The van der Waals surface area contributed by atoms with Crippen molar-refractivity contribution in [3.05, 3.63) is 70.0 Å². The molecule has 0 bridgehead atoms. The van der Waals surface area contributed by atoms with Crippen molar-refractivity contribution in [3.63, 3.8) is 0 Å². The third-order valence-corrected chi connectivity index (χ3v) is 6.47. The Morgan fingerprint density at radius 3 is 2.33 bits per heavy atom. The number of rotatable bonds is 8. The first-order chi connectivity index (χ1) is 15.9. The predicted molar refractivity (Wildman–Crippen MR) is 125 cm³/mol. The standard InChI is InChI=1S/C24H24FN3O4S/c1-14-18-11-22(33-24(18)28(27-14)13-15-5-7-16(25)8-6-15)23(29)26-12-19-20(31-3)9-17(30-2)10-21(19)32-4/h5-11H,12-13H2,1-4H3,(H,26,29). The summed E-state index contributed by atoms with van der Waals surface area (Å²) >= 11 is 1.37. The Hall–Kier alpha value is -3.59. The SMILES string of the molecule is COc1cc(OC)c(CNC(=O)c2cc3c(C)nn(Cc4ccc(F)cc4)c3s2)c(OC)c1. The summed E-state index contributed by atoms with van der Waals surface area (Å²) in [5.74, 6) is 1.25. The molecule has 9 heteroatoms. The number of ether oxygens (including phenoxy) is 3. The van der Waals surface area contributed by atoms with Gasteiger partial charge in [-0.3, -0.25) is 9.48 Å². The molecule has 0 aliphatic carbocycles. The number of carbonyl (C=O) groups is 1. The van der Waals surface area contributed by atoms with Gasteiger partial charge in [-0.2, -0.15) is 5.10 Å². The van der Waals surface area contributed by atoms with Crippen molar-refractivity contribution in [2.24, 2.45) is 0 Å². The second kappa shape index (κ2) is 9.50. The molecular weight excluding hydrogens is 445 g/mol. The van der Waals surface area contributed by atoms with Crippen LogP contribution in [0.5, 0.6) is 17.2 Å². The monoisotopic (exact) mass is 469 g/mol. The molecule has 2 heterocycles. The second-order valence-electron chi connectivity index (χ2n) is 7.39. The number of benzene rings is 2. The van der Waals surface area contributed by atoms with Crippen molar-refractivity contribution in [2.45, 2.75) is 20.0 Å². The fourth-order valence-electron chi connectivity index (χ4n) is 3.60. The van der Waals surface area contributed by atoms with Crippen LogP contribution in [0.3, 0.4) is 0 Å². The number of methoxy groups -OCH3 is 3. The lowest BCUT2D eigenvalue weighted by Gasteiger charge is -2.15. The first-order valence-electron chi connectivity index (χ1n) is 10.2. The molecule has 0 aliphatic rings. The Morgan fingerprint density at radius 1 is 1.06 bits per heavy atom. The average molecular weight is 470 g/mol. The Bertz CT molecular complexity index is 1270. The molecule has 0 radical (unpaired) electrons. The molecule has 4 aromatic rings. The summed E-state index contributed by atoms with van der Waals surface area (Å²) in [5.41, 5.74) is 2.48. The summed E-state index contributed by atoms with van der Waals surface area (Å²) in [6.45, 7) is 2.63. The highest BCUT2D eigenvalue weighted by Gasteiger charge is 2.19. The van der Waals surface area contributed by atoms with Crippen molar-refractivity contribution in [1.29, 1.82) is 0 Å². The molecule has 7 nitrogen and oxygen atoms in total. The van der Waals surface area contributed by atoms with Gasteiger partial charge in [-0.25, -0.2) is 4.39 Å². The minimum Gasteiger partial charge on any atom is -0.496 e. The topological polar surface area (TPSA) is 74.6 Å². The van der Waals surface area contributed by atoms with Crippen LogP contribution in [0.15, 0.2) is 42.5 Å². The zero-order chi connectivity index (χ0) is 23.5. The van der Waals surface area contributed by atoms with E-state index in [1.165, 1.54) is 23.5 Å². The Labute approximate surface area is 194 Å². The lowest BCUT2D eigenvalue weighted by molar-refractivity contribution is 0.0954. The van der Waals surface area contributed by atoms with Gasteiger partial charge in [0.1, 0.15) is 27.9 Å². The van der Waals surface area contributed by atoms with Crippen LogP contribution in [0.1, 0.15) is 26.5 Å². The van der Waals surface area contributed by atoms with E-state index in [9.17, 15) is 9.18 Å². The van der Waals surface area contributed by atoms with Crippen LogP contribution in [0.4, 0.5) is 4.39 Å². The quantitative estimate of drug-likeness (QED) is 0.410. The van der Waals surface area contributed by atoms with Crippen LogP contribution in [-0.2, 0) is 13.1 Å². The molecule has 0 aliphatic heterocycles. The average Bonchev–Trinajstić information content (AvgIpc) is 3.39. The van der Waals surface area contributed by atoms with Gasteiger partial charge in [-0.15, -0.1) is 11.3 Å². The number of halogens is 1. The molecule has 2 aromatic carbocycles. The fraction of sp³-hybridized carbons (Fsp3) is 0.250. The summed E-state index contributed by atoms with van der Waals surface area (Å²) in [5, 5.41) is 8.45. The molecule has 1 N–H and O–H groups in total. The zero-order valence-electron chi connectivity index (χ0n) is 18.8. The van der Waals surface area contributed by atoms with E-state index < -0.39 is 0 Å². The highest BCUT2D eigenvalue weighted by atomic mass is 32.1. The highest BCUT2D eigenvalue weighted by Crippen LogP contribution is 2.34. The lowest BCUT2D eigenvalue weighted by Crippen LogP contribution is -2.22. The number of aromatic nitrogens is 2. The zero-order valence-corrected chi connectivity index (χ0v) is 19.6. The molecule has 33 heavy (non-hydrogen) atoms. The van der Waals surface area contributed by atoms with E-state index in [0.717, 1.165) is 21.5 Å². The van der Waals surface area contributed by atoms with Gasteiger partial charge in [0.05, 0.1) is 50.6 Å². The van der Waals surface area contributed by atoms with Gasteiger partial charge in [0.15, 0.2) is 0 Å². The van der Waals surface area contributed by atoms with Crippen LogP contribution in [0.25, 0.3) is 10.2 Å². The van der Waals surface area contributed by atoms with E-state index >= 15 is 0 Å². The number of hydrogen-bond acceptors (Lipinski definition) is 6. The van der Waals surface area contributed by atoms with E-state index in [1.807, 2.05) is 17.7 Å². The fourth-order valence-corrected chi connectivity index (χ4v) is 4.68. The summed E-state index contributed by atoms with van der Waals surface area (Å²) in [6, 6.07) is 11.7. The molecule has 0 saturated carbocycles. The van der Waals surface area contributed by atoms with Crippen molar-refractivity contribution in [2.75, 3.05) is 21.3 Å². The molecule has 172 valence electrons. The number of amides is 1. The van der Waals surface area contributed by atoms with Gasteiger partial charge < -0.3 is 19.5 Å². The minimum atomic E-state index is -0.277. The molecule has 0 saturated heterocycles. The largest absolute Gasteiger partial charge is 0.496 e. The van der Waals surface area contributed by atoms with E-state index in [0.29, 0.717) is 34.2 Å². The van der Waals surface area contributed by atoms with Crippen molar-refractivity contribution in [3.8, 4) is 17.2 Å². The molecule has 0 atom stereocenters. The van der Waals surface area contributed by atoms with E-state index in [1.54, 1.807) is 45.6 Å². The van der Waals surface area contributed by atoms with Gasteiger partial charge in [-0.1, -0.05) is 12.1 Å².